The maximum absolute atomic E-state index is 5.93. The summed E-state index contributed by atoms with van der Waals surface area (Å²) in [5, 5.41) is 2.19. The Balaban J connectivity index is 0.00000210. The fraction of sp³-hybridized carbons (Fsp3) is 0.364. The van der Waals surface area contributed by atoms with Crippen LogP contribution in [0, 0.1) is 0 Å². The Morgan fingerprint density at radius 1 is 1.11 bits per heavy atom. The van der Waals surface area contributed by atoms with Crippen LogP contribution in [0.5, 0.6) is 0 Å². The predicted molar refractivity (Wildman–Crippen MR) is 122 cm³/mol. The van der Waals surface area contributed by atoms with Crippen molar-refractivity contribution in [2.75, 3.05) is 33.9 Å². The van der Waals surface area contributed by atoms with Gasteiger partial charge in [-0.25, -0.2) is 0 Å². The molecule has 2 nitrogen and oxygen atoms in total. The van der Waals surface area contributed by atoms with Gasteiger partial charge in [-0.1, -0.05) is 60.0 Å². The molecule has 0 saturated carbocycles. The number of halogens is 1. The molecule has 0 amide bonds. The molecule has 27 heavy (non-hydrogen) atoms. The molecule has 4 aliphatic rings. The molecule has 0 aromatic carbocycles. The van der Waals surface area contributed by atoms with Gasteiger partial charge in [0.05, 0.1) is 6.61 Å². The van der Waals surface area contributed by atoms with Crippen molar-refractivity contribution in [1.29, 1.82) is 0 Å². The van der Waals surface area contributed by atoms with Crippen LogP contribution in [0.25, 0.3) is 0 Å². The molecule has 0 saturated heterocycles. The summed E-state index contributed by atoms with van der Waals surface area (Å²) in [7, 11) is 4.21. The lowest BCUT2D eigenvalue weighted by Crippen LogP contribution is -2.15. The van der Waals surface area contributed by atoms with Crippen molar-refractivity contribution in [1.82, 2.24) is 4.90 Å². The van der Waals surface area contributed by atoms with Gasteiger partial charge in [0.15, 0.2) is 0 Å². The Labute approximate surface area is 177 Å². The van der Waals surface area contributed by atoms with E-state index < -0.39 is 0 Å². The van der Waals surface area contributed by atoms with E-state index in [1.165, 1.54) is 37.0 Å². The Kier molecular flexibility index (Phi) is 7.35. The molecular weight excluding hydrogens is 394 g/mol. The van der Waals surface area contributed by atoms with Crippen LogP contribution in [-0.2, 0) is 4.74 Å². The molecule has 5 heteroatoms. The van der Waals surface area contributed by atoms with Crippen LogP contribution in [0.4, 0.5) is 0 Å². The molecule has 0 spiro atoms. The minimum absolute atomic E-state index is 0. The van der Waals surface area contributed by atoms with E-state index in [1.54, 1.807) is 0 Å². The molecule has 0 radical (unpaired) electrons. The largest absolute Gasteiger partial charge is 0.376 e. The lowest BCUT2D eigenvalue weighted by atomic mass is 10.0. The van der Waals surface area contributed by atoms with Crippen LogP contribution in [0.1, 0.15) is 19.3 Å². The Morgan fingerprint density at radius 3 is 2.81 bits per heavy atom. The summed E-state index contributed by atoms with van der Waals surface area (Å²) in [5.41, 5.74) is 5.85. The summed E-state index contributed by atoms with van der Waals surface area (Å²) < 4.78 is 5.93. The highest BCUT2D eigenvalue weighted by Crippen LogP contribution is 2.52. The Morgan fingerprint density at radius 2 is 1.96 bits per heavy atom. The third kappa shape index (κ3) is 4.75. The van der Waals surface area contributed by atoms with Crippen molar-refractivity contribution < 1.29 is 4.74 Å². The maximum atomic E-state index is 5.93. The van der Waals surface area contributed by atoms with Crippen molar-refractivity contribution in [3.8, 4) is 0 Å². The van der Waals surface area contributed by atoms with Crippen molar-refractivity contribution in [2.24, 2.45) is 0 Å². The molecule has 2 heterocycles. The highest BCUT2D eigenvalue weighted by atomic mass is 35.5. The second-order valence-electron chi connectivity index (χ2n) is 7.10. The van der Waals surface area contributed by atoms with Crippen molar-refractivity contribution in [2.45, 2.75) is 19.3 Å². The molecule has 2 aliphatic heterocycles. The first kappa shape index (κ1) is 20.8. The second-order valence-corrected chi connectivity index (χ2v) is 9.16. The SMILES string of the molecule is CN(C)CCCOCC1=CCC2=CC=CC3=C4SC=CC=C4CC3=C2S1.Cl. The number of rotatable bonds is 6. The number of hydrogen-bond acceptors (Lipinski definition) is 4. The molecule has 4 rings (SSSR count). The van der Waals surface area contributed by atoms with E-state index in [1.807, 2.05) is 23.5 Å². The first-order valence-electron chi connectivity index (χ1n) is 9.20. The fourth-order valence-corrected chi connectivity index (χ4v) is 5.61. The van der Waals surface area contributed by atoms with Crippen LogP contribution in [0.2, 0.25) is 0 Å². The fourth-order valence-electron chi connectivity index (χ4n) is 3.55. The van der Waals surface area contributed by atoms with Gasteiger partial charge in [-0.05, 0) is 61.2 Å². The number of nitrogens with zero attached hydrogens (tertiary/aromatic N) is 1. The van der Waals surface area contributed by atoms with Gasteiger partial charge >= 0.3 is 0 Å². The number of ether oxygens (including phenoxy) is 1. The summed E-state index contributed by atoms with van der Waals surface area (Å²) in [6.07, 6.45) is 16.8. The topological polar surface area (TPSA) is 12.5 Å². The molecule has 144 valence electrons. The van der Waals surface area contributed by atoms with E-state index in [4.69, 9.17) is 4.74 Å². The van der Waals surface area contributed by atoms with Gasteiger partial charge in [-0.3, -0.25) is 0 Å². The quantitative estimate of drug-likeness (QED) is 0.490. The highest BCUT2D eigenvalue weighted by molar-refractivity contribution is 8.07. The van der Waals surface area contributed by atoms with Crippen molar-refractivity contribution >= 4 is 35.9 Å². The number of hydrogen-bond donors (Lipinski definition) is 0. The van der Waals surface area contributed by atoms with Gasteiger partial charge in [-0.15, -0.1) is 12.4 Å². The monoisotopic (exact) mass is 419 g/mol. The van der Waals surface area contributed by atoms with Gasteiger partial charge in [-0.2, -0.15) is 0 Å². The molecule has 0 fully saturated rings. The summed E-state index contributed by atoms with van der Waals surface area (Å²) >= 11 is 3.78. The summed E-state index contributed by atoms with van der Waals surface area (Å²) in [4.78, 5) is 6.46. The summed E-state index contributed by atoms with van der Waals surface area (Å²) in [5.74, 6) is 0. The van der Waals surface area contributed by atoms with E-state index in [9.17, 15) is 0 Å². The third-order valence-electron chi connectivity index (χ3n) is 4.84. The zero-order valence-electron chi connectivity index (χ0n) is 15.9. The molecule has 0 aromatic rings. The lowest BCUT2D eigenvalue weighted by Gasteiger charge is -2.21. The van der Waals surface area contributed by atoms with Crippen LogP contribution < -0.4 is 0 Å². The molecule has 2 aliphatic carbocycles. The average molecular weight is 420 g/mol. The van der Waals surface area contributed by atoms with E-state index in [2.05, 4.69) is 60.9 Å². The summed E-state index contributed by atoms with van der Waals surface area (Å²) in [6, 6.07) is 0. The van der Waals surface area contributed by atoms with Crippen molar-refractivity contribution in [3.63, 3.8) is 0 Å². The molecule has 0 atom stereocenters. The van der Waals surface area contributed by atoms with Gasteiger partial charge in [0, 0.05) is 27.7 Å². The first-order valence-corrected chi connectivity index (χ1v) is 10.9. The minimum atomic E-state index is 0. The normalized spacial score (nSPS) is 20.5. The molecule has 0 bridgehead atoms. The van der Waals surface area contributed by atoms with Crippen LogP contribution in [0.3, 0.4) is 0 Å². The Hall–Kier alpha value is -0.910. The number of thioether (sulfide) groups is 2. The van der Waals surface area contributed by atoms with Crippen LogP contribution in [0.15, 0.2) is 78.9 Å². The minimum Gasteiger partial charge on any atom is -0.376 e. The van der Waals surface area contributed by atoms with E-state index in [0.29, 0.717) is 0 Å². The van der Waals surface area contributed by atoms with Gasteiger partial charge in [0.2, 0.25) is 0 Å². The number of fused-ring (bicyclic) bond motifs is 3. The molecule has 0 N–H and O–H groups in total. The molecular formula is C22H26ClNOS2. The smallest absolute Gasteiger partial charge is 0.0775 e. The standard InChI is InChI=1S/C22H25NOS2.ClH/c1-23(2)11-5-12-24-15-18-10-9-16-6-3-8-19-20(22(16)26-18)14-17-7-4-13-25-21(17)19;/h3-4,6-8,10,13H,5,9,11-12,14-15H2,1-2H3;1H. The van der Waals surface area contributed by atoms with E-state index in [-0.39, 0.29) is 12.4 Å². The average Bonchev–Trinajstić information content (AvgIpc) is 2.91. The van der Waals surface area contributed by atoms with Crippen molar-refractivity contribution in [3.05, 3.63) is 78.9 Å². The van der Waals surface area contributed by atoms with Gasteiger partial charge in [0.25, 0.3) is 0 Å². The van der Waals surface area contributed by atoms with Crippen LogP contribution in [-0.4, -0.2) is 38.8 Å². The van der Waals surface area contributed by atoms with Gasteiger partial charge < -0.3 is 9.64 Å². The Bertz CT molecular complexity index is 812. The van der Waals surface area contributed by atoms with E-state index in [0.717, 1.165) is 39.0 Å². The first-order chi connectivity index (χ1) is 12.7. The zero-order valence-corrected chi connectivity index (χ0v) is 18.3. The second kappa shape index (κ2) is 9.53. The lowest BCUT2D eigenvalue weighted by molar-refractivity contribution is 0.150. The van der Waals surface area contributed by atoms with Crippen LogP contribution >= 0.6 is 35.9 Å². The highest BCUT2D eigenvalue weighted by Gasteiger charge is 2.29. The molecule has 0 aromatic heterocycles. The molecule has 0 unspecified atom stereocenters. The van der Waals surface area contributed by atoms with Gasteiger partial charge in [0.1, 0.15) is 0 Å². The summed E-state index contributed by atoms with van der Waals surface area (Å²) in [6.45, 7) is 2.65. The van der Waals surface area contributed by atoms with E-state index >= 15 is 0 Å². The predicted octanol–water partition coefficient (Wildman–Crippen LogP) is 5.99. The zero-order chi connectivity index (χ0) is 17.9. The third-order valence-corrected chi connectivity index (χ3v) is 7.11. The number of allylic oxidation sites excluding steroid dienone is 10. The maximum Gasteiger partial charge on any atom is 0.0775 e.